The van der Waals surface area contributed by atoms with Gasteiger partial charge >= 0.3 is 6.09 Å². The monoisotopic (exact) mass is 357 g/mol. The molecule has 1 heterocycles. The van der Waals surface area contributed by atoms with Gasteiger partial charge in [-0.25, -0.2) is 4.79 Å². The largest absolute Gasteiger partial charge is 0.444 e. The highest BCUT2D eigenvalue weighted by Gasteiger charge is 2.25. The number of azide groups is 1. The van der Waals surface area contributed by atoms with Crippen molar-refractivity contribution in [2.45, 2.75) is 32.8 Å². The number of carbonyl (C=O) groups is 1. The van der Waals surface area contributed by atoms with Crippen molar-refractivity contribution in [2.24, 2.45) is 5.11 Å². The summed E-state index contributed by atoms with van der Waals surface area (Å²) < 4.78 is 5.43. The molecule has 0 bridgehead atoms. The van der Waals surface area contributed by atoms with Crippen LogP contribution in [0.4, 0.5) is 10.5 Å². The Morgan fingerprint density at radius 2 is 1.88 bits per heavy atom. The van der Waals surface area contributed by atoms with E-state index < -0.39 is 5.60 Å². The molecule has 7 heteroatoms. The maximum atomic E-state index is 12.1. The van der Waals surface area contributed by atoms with E-state index in [2.05, 4.69) is 39.2 Å². The fraction of sp³-hybridized carbons (Fsp3) is 0.526. The van der Waals surface area contributed by atoms with Gasteiger partial charge in [0.05, 0.1) is 0 Å². The summed E-state index contributed by atoms with van der Waals surface area (Å²) in [6.45, 7) is 9.04. The molecule has 0 aromatic heterocycles. The minimum atomic E-state index is -0.460. The molecule has 1 aromatic rings. The third kappa shape index (κ3) is 6.33. The molecule has 140 valence electrons. The Morgan fingerprint density at radius 1 is 1.23 bits per heavy atom. The van der Waals surface area contributed by atoms with E-state index in [9.17, 15) is 4.79 Å². The average Bonchev–Trinajstić information content (AvgIpc) is 2.61. The predicted octanol–water partition coefficient (Wildman–Crippen LogP) is 4.46. The Hall–Kier alpha value is -2.66. The number of rotatable bonds is 5. The third-order valence-corrected chi connectivity index (χ3v) is 3.96. The van der Waals surface area contributed by atoms with Crippen LogP contribution in [0, 0.1) is 0 Å². The van der Waals surface area contributed by atoms with Crippen molar-refractivity contribution in [1.82, 2.24) is 4.90 Å². The Labute approximate surface area is 154 Å². The van der Waals surface area contributed by atoms with Crippen molar-refractivity contribution in [3.63, 3.8) is 0 Å². The predicted molar refractivity (Wildman–Crippen MR) is 104 cm³/mol. The van der Waals surface area contributed by atoms with Gasteiger partial charge in [-0.3, -0.25) is 0 Å². The quantitative estimate of drug-likeness (QED) is 0.338. The number of carbonyl (C=O) groups excluding carboxylic acids is 1. The van der Waals surface area contributed by atoms with Gasteiger partial charge in [0, 0.05) is 43.3 Å². The highest BCUT2D eigenvalue weighted by Crippen LogP contribution is 2.19. The van der Waals surface area contributed by atoms with Crippen LogP contribution >= 0.6 is 0 Å². The van der Waals surface area contributed by atoms with Gasteiger partial charge in [-0.2, -0.15) is 0 Å². The lowest BCUT2D eigenvalue weighted by Crippen LogP contribution is -2.50. The van der Waals surface area contributed by atoms with Crippen molar-refractivity contribution in [3.8, 4) is 0 Å². The molecule has 0 N–H and O–H groups in total. The zero-order chi connectivity index (χ0) is 19.0. The minimum absolute atomic E-state index is 0.238. The second kappa shape index (κ2) is 9.15. The number of piperazine rings is 1. The van der Waals surface area contributed by atoms with Crippen LogP contribution in [0.2, 0.25) is 0 Å². The fourth-order valence-electron chi connectivity index (χ4n) is 2.67. The molecule has 1 aliphatic heterocycles. The summed E-state index contributed by atoms with van der Waals surface area (Å²) in [4.78, 5) is 18.9. The number of amides is 1. The van der Waals surface area contributed by atoms with Crippen LogP contribution in [0.15, 0.2) is 35.5 Å². The van der Waals surface area contributed by atoms with Crippen molar-refractivity contribution < 1.29 is 9.53 Å². The van der Waals surface area contributed by atoms with Gasteiger partial charge in [-0.15, -0.1) is 0 Å². The Morgan fingerprint density at radius 3 is 2.46 bits per heavy atom. The van der Waals surface area contributed by atoms with E-state index in [1.54, 1.807) is 4.90 Å². The zero-order valence-electron chi connectivity index (χ0n) is 15.8. The van der Waals surface area contributed by atoms with Crippen LogP contribution < -0.4 is 4.90 Å². The summed E-state index contributed by atoms with van der Waals surface area (Å²) in [6, 6.07) is 8.33. The maximum absolute atomic E-state index is 12.1. The van der Waals surface area contributed by atoms with Gasteiger partial charge in [-0.1, -0.05) is 29.4 Å². The van der Waals surface area contributed by atoms with E-state index in [1.807, 2.05) is 32.9 Å². The topological polar surface area (TPSA) is 81.5 Å². The van der Waals surface area contributed by atoms with E-state index in [1.165, 1.54) is 0 Å². The van der Waals surface area contributed by atoms with Gasteiger partial charge in [-0.05, 0) is 50.4 Å². The minimum Gasteiger partial charge on any atom is -0.444 e. The summed E-state index contributed by atoms with van der Waals surface area (Å²) >= 11 is 0. The molecule has 1 aliphatic rings. The van der Waals surface area contributed by atoms with Crippen molar-refractivity contribution >= 4 is 17.9 Å². The summed E-state index contributed by atoms with van der Waals surface area (Å²) in [7, 11) is 0. The molecule has 0 aliphatic carbocycles. The molecule has 1 fully saturated rings. The molecular weight excluding hydrogens is 330 g/mol. The molecule has 0 unspecified atom stereocenters. The first-order chi connectivity index (χ1) is 12.4. The first kappa shape index (κ1) is 19.7. The Kier molecular flexibility index (Phi) is 6.92. The molecule has 0 saturated carbocycles. The summed E-state index contributed by atoms with van der Waals surface area (Å²) in [5.41, 5.74) is 10.0. The van der Waals surface area contributed by atoms with Crippen molar-refractivity contribution in [1.29, 1.82) is 0 Å². The second-order valence-corrected chi connectivity index (χ2v) is 7.19. The SMILES string of the molecule is CC(C)(C)OC(=O)N1CCN(c2ccc(C=CCCN=[N+]=[N-])cc2)CC1. The van der Waals surface area contributed by atoms with Gasteiger partial charge in [0.15, 0.2) is 0 Å². The van der Waals surface area contributed by atoms with Gasteiger partial charge < -0.3 is 14.5 Å². The number of ether oxygens (including phenoxy) is 1. The standard InChI is InChI=1S/C19H27N5O2/c1-19(2,3)26-18(25)24-14-12-23(13-15-24)17-9-7-16(8-10-17)6-4-5-11-21-22-20/h4,6-10H,5,11-15H2,1-3H3. The zero-order valence-corrected chi connectivity index (χ0v) is 15.8. The molecular formula is C19H27N5O2. The molecule has 26 heavy (non-hydrogen) atoms. The van der Waals surface area contributed by atoms with Crippen molar-refractivity contribution in [2.75, 3.05) is 37.6 Å². The lowest BCUT2D eigenvalue weighted by atomic mass is 10.1. The van der Waals surface area contributed by atoms with Crippen LogP contribution in [0.3, 0.4) is 0 Å². The van der Waals surface area contributed by atoms with Crippen LogP contribution in [0.25, 0.3) is 16.5 Å². The Balaban J connectivity index is 1.83. The van der Waals surface area contributed by atoms with Crippen LogP contribution in [0.1, 0.15) is 32.8 Å². The lowest BCUT2D eigenvalue weighted by molar-refractivity contribution is 0.0240. The van der Waals surface area contributed by atoms with Gasteiger partial charge in [0.1, 0.15) is 5.60 Å². The van der Waals surface area contributed by atoms with Crippen LogP contribution in [-0.2, 0) is 4.74 Å². The molecule has 0 spiro atoms. The first-order valence-electron chi connectivity index (χ1n) is 8.89. The third-order valence-electron chi connectivity index (χ3n) is 3.96. The average molecular weight is 357 g/mol. The maximum Gasteiger partial charge on any atom is 0.410 e. The smallest absolute Gasteiger partial charge is 0.410 e. The van der Waals surface area contributed by atoms with E-state index in [0.717, 1.165) is 30.8 Å². The van der Waals surface area contributed by atoms with Gasteiger partial charge in [0.25, 0.3) is 0 Å². The molecule has 0 radical (unpaired) electrons. The molecule has 1 saturated heterocycles. The number of benzene rings is 1. The lowest BCUT2D eigenvalue weighted by Gasteiger charge is -2.36. The van der Waals surface area contributed by atoms with E-state index in [-0.39, 0.29) is 6.09 Å². The highest BCUT2D eigenvalue weighted by atomic mass is 16.6. The summed E-state index contributed by atoms with van der Waals surface area (Å²) in [5, 5.41) is 3.50. The van der Waals surface area contributed by atoms with E-state index in [0.29, 0.717) is 19.6 Å². The Bertz CT molecular complexity index is 664. The van der Waals surface area contributed by atoms with Crippen LogP contribution in [0.5, 0.6) is 0 Å². The first-order valence-corrected chi connectivity index (χ1v) is 8.89. The van der Waals surface area contributed by atoms with Crippen LogP contribution in [-0.4, -0.2) is 49.3 Å². The molecule has 7 nitrogen and oxygen atoms in total. The molecule has 0 atom stereocenters. The normalized spacial score (nSPS) is 15.0. The summed E-state index contributed by atoms with van der Waals surface area (Å²) in [6.07, 6.45) is 4.53. The number of anilines is 1. The number of hydrogen-bond acceptors (Lipinski definition) is 4. The van der Waals surface area contributed by atoms with E-state index >= 15 is 0 Å². The number of hydrogen-bond donors (Lipinski definition) is 0. The number of nitrogens with zero attached hydrogens (tertiary/aromatic N) is 5. The second-order valence-electron chi connectivity index (χ2n) is 7.19. The highest BCUT2D eigenvalue weighted by molar-refractivity contribution is 5.68. The fourth-order valence-corrected chi connectivity index (χ4v) is 2.67. The van der Waals surface area contributed by atoms with Gasteiger partial charge in [0.2, 0.25) is 0 Å². The molecule has 2 rings (SSSR count). The molecule has 1 aromatic carbocycles. The summed E-state index contributed by atoms with van der Waals surface area (Å²) in [5.74, 6) is 0. The molecule has 1 amide bonds. The van der Waals surface area contributed by atoms with Crippen molar-refractivity contribution in [3.05, 3.63) is 46.3 Å². The van der Waals surface area contributed by atoms with E-state index in [4.69, 9.17) is 10.3 Å².